The Labute approximate surface area is 364 Å². The van der Waals surface area contributed by atoms with Crippen molar-refractivity contribution in [1.29, 1.82) is 0 Å². The molecule has 1 amide bonds. The van der Waals surface area contributed by atoms with Crippen LogP contribution in [0.2, 0.25) is 10.0 Å². The Morgan fingerprint density at radius 2 is 1.62 bits per heavy atom. The zero-order chi connectivity index (χ0) is 43.6. The lowest BCUT2D eigenvalue weighted by molar-refractivity contribution is -0.688. The number of aliphatic hydroxyl groups is 1. The summed E-state index contributed by atoms with van der Waals surface area (Å²) in [5.74, 6) is -0.362. The molecule has 1 aliphatic carbocycles. The molecule has 1 heterocycles. The molecule has 0 bridgehead atoms. The van der Waals surface area contributed by atoms with E-state index in [-0.39, 0.29) is 51.6 Å². The minimum Gasteiger partial charge on any atom is -0.756 e. The predicted molar refractivity (Wildman–Crippen MR) is 224 cm³/mol. The summed E-state index contributed by atoms with van der Waals surface area (Å²) in [5, 5.41) is 17.0. The van der Waals surface area contributed by atoms with Gasteiger partial charge in [0.2, 0.25) is 0 Å². The number of rotatable bonds is 28. The number of ether oxygens (including phenoxy) is 4. The first-order valence-corrected chi connectivity index (χ1v) is 22.4. The van der Waals surface area contributed by atoms with E-state index in [4.69, 9.17) is 42.3 Å². The molecular weight excluding hydrogens is 858 g/mol. The van der Waals surface area contributed by atoms with Crippen molar-refractivity contribution in [2.45, 2.75) is 77.0 Å². The lowest BCUT2D eigenvalue weighted by Crippen LogP contribution is -2.34. The molecule has 13 nitrogen and oxygen atoms in total. The normalized spacial score (nSPS) is 14.1. The third kappa shape index (κ3) is 17.4. The number of unbranched alkanes of at least 4 members (excludes halogenated alkanes) is 4. The number of hydrogen-bond donors (Lipinski definition) is 4. The summed E-state index contributed by atoms with van der Waals surface area (Å²) in [6.07, 6.45) is 11.2. The molecule has 5 rings (SSSR count). The highest BCUT2D eigenvalue weighted by molar-refractivity contribution is 7.44. The van der Waals surface area contributed by atoms with E-state index in [1.165, 1.54) is 36.2 Å². The smallest absolute Gasteiger partial charge is 0.387 e. The van der Waals surface area contributed by atoms with Crippen LogP contribution in [-0.4, -0.2) is 62.2 Å². The molecule has 332 valence electrons. The maximum atomic E-state index is 13.2. The maximum Gasteiger partial charge on any atom is 0.387 e. The van der Waals surface area contributed by atoms with Gasteiger partial charge < -0.3 is 44.5 Å². The molecule has 3 aromatic carbocycles. The van der Waals surface area contributed by atoms with Crippen LogP contribution >= 0.6 is 31.0 Å². The predicted octanol–water partition coefficient (Wildman–Crippen LogP) is 8.01. The van der Waals surface area contributed by atoms with Gasteiger partial charge in [0.05, 0.1) is 24.0 Å². The third-order valence-electron chi connectivity index (χ3n) is 9.70. The number of carbonyl (C=O) groups is 1. The number of nitrogens with one attached hydrogen (secondary N) is 2. The molecule has 2 atom stereocenters. The van der Waals surface area contributed by atoms with E-state index in [0.717, 1.165) is 71.0 Å². The molecule has 1 fully saturated rings. The molecule has 0 spiro atoms. The van der Waals surface area contributed by atoms with Gasteiger partial charge >= 0.3 is 6.61 Å². The molecule has 1 aromatic heterocycles. The van der Waals surface area contributed by atoms with Crippen LogP contribution in [0.25, 0.3) is 0 Å². The average Bonchev–Trinajstić information content (AvgIpc) is 4.05. The first kappa shape index (κ1) is 48.1. The van der Waals surface area contributed by atoms with E-state index in [0.29, 0.717) is 30.2 Å². The number of alkyl halides is 2. The van der Waals surface area contributed by atoms with Crippen molar-refractivity contribution in [2.75, 3.05) is 45.0 Å². The number of phosphoric acid groups is 1. The Bertz CT molecular complexity index is 2020. The van der Waals surface area contributed by atoms with E-state index in [9.17, 15) is 28.1 Å². The summed E-state index contributed by atoms with van der Waals surface area (Å²) in [7, 11) is -5.09. The van der Waals surface area contributed by atoms with Crippen LogP contribution in [-0.2, 0) is 26.8 Å². The van der Waals surface area contributed by atoms with Gasteiger partial charge in [-0.3, -0.25) is 13.9 Å². The maximum absolute atomic E-state index is 13.2. The molecule has 4 aromatic rings. The second-order valence-corrected chi connectivity index (χ2v) is 16.7. The van der Waals surface area contributed by atoms with Gasteiger partial charge in [0, 0.05) is 25.3 Å². The molecule has 4 N–H and O–H groups in total. The fraction of sp³-hybridized carbons (Fsp3) is 0.442. The molecule has 0 aliphatic heterocycles. The molecule has 0 radical (unpaired) electrons. The van der Waals surface area contributed by atoms with E-state index in [1.54, 1.807) is 22.8 Å². The fourth-order valence-corrected chi connectivity index (χ4v) is 7.04. The monoisotopic (exact) mass is 909 g/mol. The highest BCUT2D eigenvalue weighted by Gasteiger charge is 2.25. The number of aryl methyl sites for hydroxylation is 1. The lowest BCUT2D eigenvalue weighted by atomic mass is 10.1. The van der Waals surface area contributed by atoms with Crippen molar-refractivity contribution in [3.05, 3.63) is 111 Å². The molecule has 0 saturated heterocycles. The van der Waals surface area contributed by atoms with Crippen LogP contribution in [0.1, 0.15) is 84.5 Å². The Balaban J connectivity index is 1.11. The summed E-state index contributed by atoms with van der Waals surface area (Å²) < 4.78 is 64.8. The minimum absolute atomic E-state index is 0.00218. The first-order chi connectivity index (χ1) is 29.3. The Morgan fingerprint density at radius 3 is 2.33 bits per heavy atom. The summed E-state index contributed by atoms with van der Waals surface area (Å²) in [6.45, 7) is -1.05. The number of anilines is 1. The Morgan fingerprint density at radius 1 is 0.902 bits per heavy atom. The largest absolute Gasteiger partial charge is 0.756 e. The zero-order valence-electron chi connectivity index (χ0n) is 33.6. The highest BCUT2D eigenvalue weighted by atomic mass is 35.5. The van der Waals surface area contributed by atoms with Crippen LogP contribution in [0.3, 0.4) is 0 Å². The standard InChI is InChI=1S/C43H52Cl2F2N3O10P/c44-35-26-50(27-36(45)41(35)49-42(52)33-17-18-38(60-43(46)47)40(23-33)57-28-31-13-14-31)25-34-16-15-32(22-39(34)58-29-59-61(53,54)55)37(51)24-48-19-7-1-2-8-20-56-21-9-6-12-30-10-4-3-5-11-30/h3-5,10-11,15-18,22-23,26-27,31,37,43,48,51H,1-2,6-9,12-14,19-21,24-25,28-29H2,(H2,53,54,55). The zero-order valence-corrected chi connectivity index (χ0v) is 36.0. The first-order valence-electron chi connectivity index (χ1n) is 20.2. The topological polar surface area (TPSA) is 172 Å². The number of halogens is 4. The van der Waals surface area contributed by atoms with Crippen molar-refractivity contribution in [1.82, 2.24) is 5.32 Å². The second kappa shape index (κ2) is 24.7. The van der Waals surface area contributed by atoms with Gasteiger partial charge in [0.25, 0.3) is 13.7 Å². The van der Waals surface area contributed by atoms with Gasteiger partial charge in [-0.05, 0) is 98.9 Å². The summed E-state index contributed by atoms with van der Waals surface area (Å²) in [6, 6.07) is 19.2. The number of pyridine rings is 1. The Kier molecular flexibility index (Phi) is 19.5. The molecule has 1 aliphatic rings. The fourth-order valence-electron chi connectivity index (χ4n) is 6.26. The minimum atomic E-state index is -5.09. The van der Waals surface area contributed by atoms with Gasteiger partial charge in [-0.2, -0.15) is 13.3 Å². The van der Waals surface area contributed by atoms with Crippen LogP contribution in [0, 0.1) is 5.92 Å². The number of nitrogens with zero attached hydrogens (tertiary/aromatic N) is 1. The number of carbonyl (C=O) groups excluding carboxylic acids is 1. The molecule has 18 heteroatoms. The summed E-state index contributed by atoms with van der Waals surface area (Å²) >= 11 is 13.2. The molecular formula is C43H52Cl2F2N3O10P. The number of amides is 1. The van der Waals surface area contributed by atoms with Crippen LogP contribution < -0.4 is 34.3 Å². The number of aromatic nitrogens is 1. The number of hydrogen-bond acceptors (Lipinski definition) is 10. The van der Waals surface area contributed by atoms with Crippen LogP contribution in [0.5, 0.6) is 17.2 Å². The van der Waals surface area contributed by atoms with Gasteiger partial charge in [-0.25, -0.2) is 0 Å². The second-order valence-electron chi connectivity index (χ2n) is 14.7. The quantitative estimate of drug-likeness (QED) is 0.0188. The number of aliphatic hydroxyl groups excluding tert-OH is 1. The van der Waals surface area contributed by atoms with Crippen LogP contribution in [0.15, 0.2) is 79.1 Å². The number of phosphoric ester groups is 1. The third-order valence-corrected chi connectivity index (χ3v) is 10.7. The van der Waals surface area contributed by atoms with Crippen LogP contribution in [0.4, 0.5) is 14.5 Å². The van der Waals surface area contributed by atoms with E-state index >= 15 is 0 Å². The van der Waals surface area contributed by atoms with Crippen molar-refractivity contribution in [3.8, 4) is 17.2 Å². The highest BCUT2D eigenvalue weighted by Crippen LogP contribution is 2.36. The van der Waals surface area contributed by atoms with Crippen molar-refractivity contribution in [3.63, 3.8) is 0 Å². The molecule has 1 saturated carbocycles. The Hall–Kier alpha value is -3.89. The molecule has 61 heavy (non-hydrogen) atoms. The summed E-state index contributed by atoms with van der Waals surface area (Å²) in [5.41, 5.74) is 2.50. The van der Waals surface area contributed by atoms with Gasteiger partial charge in [0.1, 0.15) is 15.8 Å². The average molecular weight is 911 g/mol. The van der Waals surface area contributed by atoms with E-state index in [1.807, 2.05) is 6.07 Å². The van der Waals surface area contributed by atoms with Crippen molar-refractivity contribution >= 4 is 42.6 Å². The van der Waals surface area contributed by atoms with Gasteiger partial charge in [0.15, 0.2) is 37.2 Å². The summed E-state index contributed by atoms with van der Waals surface area (Å²) in [4.78, 5) is 33.6. The van der Waals surface area contributed by atoms with E-state index in [2.05, 4.69) is 44.2 Å². The van der Waals surface area contributed by atoms with Gasteiger partial charge in [-0.1, -0.05) is 72.4 Å². The SMILES string of the molecule is O=C(Nc1c(Cl)c[n+](Cc2ccc(C(O)CNCCCCCCOCCCCc3ccccc3)cc2OCOP(=O)([O-])O)cc1Cl)c1ccc(OC(F)F)c(OCC2CC2)c1. The van der Waals surface area contributed by atoms with Gasteiger partial charge in [-0.15, -0.1) is 0 Å². The van der Waals surface area contributed by atoms with Crippen molar-refractivity contribution < 1.29 is 61.1 Å². The lowest BCUT2D eigenvalue weighted by Gasteiger charge is -2.18. The van der Waals surface area contributed by atoms with E-state index < -0.39 is 33.2 Å². The van der Waals surface area contributed by atoms with Crippen molar-refractivity contribution in [2.24, 2.45) is 5.92 Å². The molecule has 2 unspecified atom stereocenters. The number of benzene rings is 3.